The zero-order valence-corrected chi connectivity index (χ0v) is 15.0. The number of amides is 1. The third-order valence-electron chi connectivity index (χ3n) is 5.65. The molecule has 0 radical (unpaired) electrons. The van der Waals surface area contributed by atoms with Gasteiger partial charge in [0.2, 0.25) is 5.91 Å². The van der Waals surface area contributed by atoms with E-state index in [0.717, 1.165) is 38.0 Å². The number of aromatic amines is 1. The molecule has 1 fully saturated rings. The molecule has 1 aliphatic carbocycles. The highest BCUT2D eigenvalue weighted by atomic mass is 35.5. The number of nitrogens with one attached hydrogen (secondary N) is 1. The van der Waals surface area contributed by atoms with Gasteiger partial charge in [-0.05, 0) is 36.4 Å². The number of fused-ring (bicyclic) bond motifs is 1. The SMILES string of the molecule is Cl.NC[C@@H]1CN(C(=O)C2CCc3cn[nH]c3C2)C[C@H]1c1ccccc1. The van der Waals surface area contributed by atoms with E-state index in [1.807, 2.05) is 17.2 Å². The topological polar surface area (TPSA) is 75.0 Å². The fourth-order valence-electron chi connectivity index (χ4n) is 4.25. The van der Waals surface area contributed by atoms with E-state index in [1.165, 1.54) is 11.1 Å². The number of aromatic nitrogens is 2. The molecule has 2 heterocycles. The molecule has 1 aromatic heterocycles. The molecule has 25 heavy (non-hydrogen) atoms. The van der Waals surface area contributed by atoms with Gasteiger partial charge >= 0.3 is 0 Å². The van der Waals surface area contributed by atoms with Crippen molar-refractivity contribution in [2.75, 3.05) is 19.6 Å². The standard InChI is InChI=1S/C19H24N4O.ClH/c20-9-16-11-23(12-17(16)13-4-2-1-3-5-13)19(24)14-6-7-15-10-21-22-18(15)8-14;/h1-5,10,14,16-17H,6-9,11-12,20H2,(H,21,22);1H/t14?,16-,17+;/m1./s1. The summed E-state index contributed by atoms with van der Waals surface area (Å²) in [6.07, 6.45) is 4.54. The van der Waals surface area contributed by atoms with Crippen molar-refractivity contribution in [1.82, 2.24) is 15.1 Å². The quantitative estimate of drug-likeness (QED) is 0.880. The molecule has 1 unspecified atom stereocenters. The zero-order chi connectivity index (χ0) is 16.5. The third kappa shape index (κ3) is 3.44. The van der Waals surface area contributed by atoms with Crippen LogP contribution in [0.4, 0.5) is 0 Å². The molecule has 0 saturated carbocycles. The summed E-state index contributed by atoms with van der Waals surface area (Å²) in [4.78, 5) is 15.1. The van der Waals surface area contributed by atoms with Crippen molar-refractivity contribution in [2.45, 2.75) is 25.2 Å². The molecule has 1 amide bonds. The van der Waals surface area contributed by atoms with Crippen molar-refractivity contribution >= 4 is 18.3 Å². The molecular weight excluding hydrogens is 336 g/mol. The van der Waals surface area contributed by atoms with E-state index in [9.17, 15) is 4.79 Å². The van der Waals surface area contributed by atoms with Crippen LogP contribution in [0.15, 0.2) is 36.5 Å². The molecule has 134 valence electrons. The lowest BCUT2D eigenvalue weighted by Crippen LogP contribution is -2.37. The Morgan fingerprint density at radius 2 is 2.08 bits per heavy atom. The Hall–Kier alpha value is -1.85. The van der Waals surface area contributed by atoms with Crippen LogP contribution in [0.2, 0.25) is 0 Å². The van der Waals surface area contributed by atoms with E-state index < -0.39 is 0 Å². The number of H-pyrrole nitrogens is 1. The number of nitrogens with two attached hydrogens (primary N) is 1. The number of hydrogen-bond acceptors (Lipinski definition) is 3. The number of benzene rings is 1. The van der Waals surface area contributed by atoms with Crippen LogP contribution in [-0.2, 0) is 17.6 Å². The normalized spacial score (nSPS) is 25.3. The highest BCUT2D eigenvalue weighted by molar-refractivity contribution is 5.85. The van der Waals surface area contributed by atoms with Gasteiger partial charge in [-0.25, -0.2) is 0 Å². The van der Waals surface area contributed by atoms with E-state index in [1.54, 1.807) is 0 Å². The predicted molar refractivity (Wildman–Crippen MR) is 99.7 cm³/mol. The first-order valence-electron chi connectivity index (χ1n) is 8.81. The molecule has 3 atom stereocenters. The van der Waals surface area contributed by atoms with E-state index in [2.05, 4.69) is 34.5 Å². The van der Waals surface area contributed by atoms with Gasteiger partial charge in [0.25, 0.3) is 0 Å². The van der Waals surface area contributed by atoms with Gasteiger partial charge < -0.3 is 10.6 Å². The second-order valence-corrected chi connectivity index (χ2v) is 7.07. The highest BCUT2D eigenvalue weighted by Crippen LogP contribution is 2.34. The van der Waals surface area contributed by atoms with Crippen LogP contribution in [0, 0.1) is 11.8 Å². The fourth-order valence-corrected chi connectivity index (χ4v) is 4.25. The molecule has 1 saturated heterocycles. The van der Waals surface area contributed by atoms with Crippen LogP contribution in [0.1, 0.15) is 29.2 Å². The Morgan fingerprint density at radius 3 is 2.84 bits per heavy atom. The van der Waals surface area contributed by atoms with Gasteiger partial charge in [0, 0.05) is 37.0 Å². The van der Waals surface area contributed by atoms with Crippen LogP contribution < -0.4 is 5.73 Å². The molecule has 1 aromatic carbocycles. The Balaban J connectivity index is 0.00000182. The van der Waals surface area contributed by atoms with E-state index >= 15 is 0 Å². The van der Waals surface area contributed by atoms with Gasteiger partial charge in [0.15, 0.2) is 0 Å². The minimum atomic E-state index is 0. The largest absolute Gasteiger partial charge is 0.341 e. The Labute approximate surface area is 154 Å². The Morgan fingerprint density at radius 1 is 1.28 bits per heavy atom. The summed E-state index contributed by atoms with van der Waals surface area (Å²) in [6.45, 7) is 2.19. The van der Waals surface area contributed by atoms with Gasteiger partial charge in [0.05, 0.1) is 6.20 Å². The molecule has 2 aromatic rings. The van der Waals surface area contributed by atoms with Crippen molar-refractivity contribution in [2.24, 2.45) is 17.6 Å². The van der Waals surface area contributed by atoms with Gasteiger partial charge in [-0.2, -0.15) is 5.10 Å². The molecule has 3 N–H and O–H groups in total. The predicted octanol–water partition coefficient (Wildman–Crippen LogP) is 2.14. The lowest BCUT2D eigenvalue weighted by Gasteiger charge is -2.26. The third-order valence-corrected chi connectivity index (χ3v) is 5.65. The first-order valence-corrected chi connectivity index (χ1v) is 8.81. The summed E-state index contributed by atoms with van der Waals surface area (Å²) in [5.41, 5.74) is 9.69. The molecular formula is C19H25ClN4O. The zero-order valence-electron chi connectivity index (χ0n) is 14.2. The molecule has 5 nitrogen and oxygen atoms in total. The maximum Gasteiger partial charge on any atom is 0.226 e. The second kappa shape index (κ2) is 7.58. The van der Waals surface area contributed by atoms with Crippen LogP contribution >= 0.6 is 12.4 Å². The van der Waals surface area contributed by atoms with Crippen molar-refractivity contribution < 1.29 is 4.79 Å². The second-order valence-electron chi connectivity index (χ2n) is 7.07. The summed E-state index contributed by atoms with van der Waals surface area (Å²) >= 11 is 0. The number of carbonyl (C=O) groups excluding carboxylic acids is 1. The lowest BCUT2D eigenvalue weighted by atomic mass is 9.87. The van der Waals surface area contributed by atoms with Crippen molar-refractivity contribution in [1.29, 1.82) is 0 Å². The first-order chi connectivity index (χ1) is 11.8. The van der Waals surface area contributed by atoms with Gasteiger partial charge in [-0.3, -0.25) is 9.89 Å². The number of rotatable bonds is 3. The minimum Gasteiger partial charge on any atom is -0.341 e. The smallest absolute Gasteiger partial charge is 0.226 e. The Kier molecular flexibility index (Phi) is 5.45. The number of likely N-dealkylation sites (tertiary alicyclic amines) is 1. The molecule has 1 aliphatic heterocycles. The van der Waals surface area contributed by atoms with Gasteiger partial charge in [-0.15, -0.1) is 12.4 Å². The molecule has 6 heteroatoms. The highest BCUT2D eigenvalue weighted by Gasteiger charge is 2.38. The molecule has 4 rings (SSSR count). The lowest BCUT2D eigenvalue weighted by molar-refractivity contribution is -0.135. The van der Waals surface area contributed by atoms with Crippen LogP contribution in [0.5, 0.6) is 0 Å². The number of halogens is 1. The van der Waals surface area contributed by atoms with Gasteiger partial charge in [0.1, 0.15) is 0 Å². The first kappa shape index (κ1) is 18.0. The summed E-state index contributed by atoms with van der Waals surface area (Å²) in [6, 6.07) is 10.5. The Bertz CT molecular complexity index is 717. The monoisotopic (exact) mass is 360 g/mol. The van der Waals surface area contributed by atoms with Crippen LogP contribution in [0.25, 0.3) is 0 Å². The maximum absolute atomic E-state index is 13.0. The van der Waals surface area contributed by atoms with E-state index in [4.69, 9.17) is 5.73 Å². The number of hydrogen-bond donors (Lipinski definition) is 2. The maximum atomic E-state index is 13.0. The summed E-state index contributed by atoms with van der Waals surface area (Å²) < 4.78 is 0. The van der Waals surface area contributed by atoms with E-state index in [-0.39, 0.29) is 24.2 Å². The average Bonchev–Trinajstić information content (AvgIpc) is 3.27. The number of nitrogens with zero attached hydrogens (tertiary/aromatic N) is 2. The minimum absolute atomic E-state index is 0. The molecule has 0 spiro atoms. The number of aryl methyl sites for hydroxylation is 1. The fraction of sp³-hybridized carbons (Fsp3) is 0.474. The van der Waals surface area contributed by atoms with Crippen LogP contribution in [0.3, 0.4) is 0 Å². The van der Waals surface area contributed by atoms with Crippen molar-refractivity contribution in [3.8, 4) is 0 Å². The molecule has 2 aliphatic rings. The molecule has 0 bridgehead atoms. The van der Waals surface area contributed by atoms with Crippen molar-refractivity contribution in [3.05, 3.63) is 53.3 Å². The van der Waals surface area contributed by atoms with Crippen LogP contribution in [-0.4, -0.2) is 40.6 Å². The summed E-state index contributed by atoms with van der Waals surface area (Å²) in [7, 11) is 0. The number of carbonyl (C=O) groups is 1. The van der Waals surface area contributed by atoms with Crippen molar-refractivity contribution in [3.63, 3.8) is 0 Å². The van der Waals surface area contributed by atoms with Gasteiger partial charge in [-0.1, -0.05) is 30.3 Å². The summed E-state index contributed by atoms with van der Waals surface area (Å²) in [5, 5.41) is 7.15. The average molecular weight is 361 g/mol. The van der Waals surface area contributed by atoms with E-state index in [0.29, 0.717) is 18.4 Å². The summed E-state index contributed by atoms with van der Waals surface area (Å²) in [5.74, 6) is 1.06.